The second-order valence-electron chi connectivity index (χ2n) is 5.18. The zero-order valence-corrected chi connectivity index (χ0v) is 11.8. The van der Waals surface area contributed by atoms with Crippen LogP contribution in [0.25, 0.3) is 6.08 Å². The van der Waals surface area contributed by atoms with Crippen LogP contribution < -0.4 is 10.1 Å². The van der Waals surface area contributed by atoms with E-state index in [0.29, 0.717) is 18.8 Å². The van der Waals surface area contributed by atoms with Crippen molar-refractivity contribution in [2.45, 2.75) is 25.1 Å². The van der Waals surface area contributed by atoms with Gasteiger partial charge in [0.1, 0.15) is 5.75 Å². The van der Waals surface area contributed by atoms with Crippen LogP contribution in [0, 0.1) is 0 Å². The third kappa shape index (κ3) is 2.86. The van der Waals surface area contributed by atoms with Crippen molar-refractivity contribution >= 4 is 12.0 Å². The van der Waals surface area contributed by atoms with E-state index in [1.807, 2.05) is 24.3 Å². The first-order chi connectivity index (χ1) is 10.2. The highest BCUT2D eigenvalue weighted by Gasteiger charge is 2.27. The molecule has 2 unspecified atom stereocenters. The smallest absolute Gasteiger partial charge is 0.220 e. The molecule has 1 amide bonds. The molecule has 1 aromatic carbocycles. The Morgan fingerprint density at radius 3 is 3.05 bits per heavy atom. The fourth-order valence-corrected chi connectivity index (χ4v) is 2.60. The minimum absolute atomic E-state index is 0.00543. The van der Waals surface area contributed by atoms with Gasteiger partial charge in [0.05, 0.1) is 19.8 Å². The molecule has 21 heavy (non-hydrogen) atoms. The zero-order valence-electron chi connectivity index (χ0n) is 11.8. The fraction of sp³-hybridized carbons (Fsp3) is 0.400. The molecule has 112 valence electrons. The van der Waals surface area contributed by atoms with Crippen molar-refractivity contribution < 1.29 is 19.5 Å². The van der Waals surface area contributed by atoms with Crippen LogP contribution in [0.5, 0.6) is 5.75 Å². The molecule has 6 nitrogen and oxygen atoms in total. The van der Waals surface area contributed by atoms with Gasteiger partial charge in [-0.25, -0.2) is 5.06 Å². The molecule has 0 bridgehead atoms. The van der Waals surface area contributed by atoms with Crippen molar-refractivity contribution in [3.05, 3.63) is 35.5 Å². The van der Waals surface area contributed by atoms with Gasteiger partial charge in [-0.15, -0.1) is 0 Å². The molecule has 0 radical (unpaired) electrons. The normalized spacial score (nSPS) is 23.9. The van der Waals surface area contributed by atoms with Crippen molar-refractivity contribution in [1.29, 1.82) is 0 Å². The lowest BCUT2D eigenvalue weighted by Crippen LogP contribution is -2.33. The lowest BCUT2D eigenvalue weighted by molar-refractivity contribution is -0.190. The number of hydrogen-bond donors (Lipinski definition) is 2. The molecule has 6 heteroatoms. The number of fused-ring (bicyclic) bond motifs is 1. The van der Waals surface area contributed by atoms with Crippen LogP contribution in [0.2, 0.25) is 0 Å². The molecule has 1 aromatic rings. The van der Waals surface area contributed by atoms with Crippen molar-refractivity contribution in [3.63, 3.8) is 0 Å². The molecule has 2 aliphatic rings. The van der Waals surface area contributed by atoms with E-state index in [-0.39, 0.29) is 11.9 Å². The Kier molecular flexibility index (Phi) is 3.81. The van der Waals surface area contributed by atoms with E-state index in [2.05, 4.69) is 5.32 Å². The Morgan fingerprint density at radius 2 is 2.33 bits per heavy atom. The highest BCUT2D eigenvalue weighted by Crippen LogP contribution is 2.33. The van der Waals surface area contributed by atoms with Gasteiger partial charge in [0, 0.05) is 18.2 Å². The van der Waals surface area contributed by atoms with E-state index in [9.17, 15) is 10.0 Å². The number of benzene rings is 1. The van der Waals surface area contributed by atoms with E-state index in [1.54, 1.807) is 13.3 Å². The summed E-state index contributed by atoms with van der Waals surface area (Å²) in [5.74, 6) is 0.760. The maximum atomic E-state index is 11.2. The molecule has 0 aliphatic carbocycles. The minimum atomic E-state index is -0.599. The molecule has 1 fully saturated rings. The molecule has 2 heterocycles. The monoisotopic (exact) mass is 290 g/mol. The summed E-state index contributed by atoms with van der Waals surface area (Å²) < 4.78 is 11.0. The summed E-state index contributed by atoms with van der Waals surface area (Å²) in [5, 5.41) is 13.9. The van der Waals surface area contributed by atoms with E-state index in [1.165, 1.54) is 0 Å². The first-order valence-electron chi connectivity index (χ1n) is 6.91. The third-order valence-electron chi connectivity index (χ3n) is 3.75. The first-order valence-corrected chi connectivity index (χ1v) is 6.91. The molecular formula is C15H18N2O4. The summed E-state index contributed by atoms with van der Waals surface area (Å²) in [7, 11) is 1.60. The Hall–Kier alpha value is -2.05. The Balaban J connectivity index is 1.75. The molecule has 0 aromatic heterocycles. The van der Waals surface area contributed by atoms with Crippen molar-refractivity contribution in [1.82, 2.24) is 10.4 Å². The van der Waals surface area contributed by atoms with Crippen LogP contribution in [-0.4, -0.2) is 35.9 Å². The van der Waals surface area contributed by atoms with Gasteiger partial charge >= 0.3 is 0 Å². The van der Waals surface area contributed by atoms with Crippen LogP contribution in [0.1, 0.15) is 30.2 Å². The zero-order chi connectivity index (χ0) is 14.8. The summed E-state index contributed by atoms with van der Waals surface area (Å²) in [6, 6.07) is 5.64. The summed E-state index contributed by atoms with van der Waals surface area (Å²) in [6.07, 6.45) is 4.07. The largest absolute Gasteiger partial charge is 0.497 e. The number of rotatable bonds is 4. The van der Waals surface area contributed by atoms with Crippen LogP contribution in [0.3, 0.4) is 0 Å². The van der Waals surface area contributed by atoms with Crippen LogP contribution in [0.15, 0.2) is 24.4 Å². The quantitative estimate of drug-likeness (QED) is 0.882. The van der Waals surface area contributed by atoms with E-state index < -0.39 is 6.23 Å². The Labute approximate surface area is 122 Å². The van der Waals surface area contributed by atoms with E-state index in [4.69, 9.17) is 9.47 Å². The Morgan fingerprint density at radius 1 is 1.48 bits per heavy atom. The summed E-state index contributed by atoms with van der Waals surface area (Å²) >= 11 is 0. The number of carbonyl (C=O) groups is 1. The highest BCUT2D eigenvalue weighted by atomic mass is 16.6. The molecule has 0 saturated carbocycles. The molecule has 2 N–H and O–H groups in total. The molecule has 3 rings (SSSR count). The van der Waals surface area contributed by atoms with Gasteiger partial charge in [0.2, 0.25) is 5.91 Å². The average molecular weight is 290 g/mol. The van der Waals surface area contributed by atoms with Crippen molar-refractivity contribution in [3.8, 4) is 5.75 Å². The van der Waals surface area contributed by atoms with Gasteiger partial charge < -0.3 is 14.8 Å². The Bertz CT molecular complexity index is 573. The minimum Gasteiger partial charge on any atom is -0.497 e. The third-order valence-corrected chi connectivity index (χ3v) is 3.75. The van der Waals surface area contributed by atoms with Gasteiger partial charge in [-0.2, -0.15) is 0 Å². The van der Waals surface area contributed by atoms with Crippen LogP contribution >= 0.6 is 0 Å². The number of hydrogen-bond acceptors (Lipinski definition) is 5. The van der Waals surface area contributed by atoms with Gasteiger partial charge in [-0.1, -0.05) is 6.07 Å². The van der Waals surface area contributed by atoms with Crippen LogP contribution in [0.4, 0.5) is 0 Å². The van der Waals surface area contributed by atoms with Crippen molar-refractivity contribution in [2.75, 3.05) is 13.7 Å². The maximum Gasteiger partial charge on any atom is 0.220 e. The number of nitrogens with one attached hydrogen (secondary N) is 1. The predicted octanol–water partition coefficient (Wildman–Crippen LogP) is 1.66. The molecule has 2 aliphatic heterocycles. The van der Waals surface area contributed by atoms with Crippen molar-refractivity contribution in [2.24, 2.45) is 0 Å². The molecular weight excluding hydrogens is 272 g/mol. The van der Waals surface area contributed by atoms with E-state index >= 15 is 0 Å². The summed E-state index contributed by atoms with van der Waals surface area (Å²) in [4.78, 5) is 11.2. The number of carbonyl (C=O) groups excluding carboxylic acids is 1. The number of ether oxygens (including phenoxy) is 2. The fourth-order valence-electron chi connectivity index (χ4n) is 2.60. The number of amides is 1. The number of methoxy groups -OCH3 is 1. The molecule has 2 atom stereocenters. The summed E-state index contributed by atoms with van der Waals surface area (Å²) in [5.41, 5.74) is 1.81. The number of hydroxylamine groups is 2. The lowest BCUT2D eigenvalue weighted by atomic mass is 10.0. The SMILES string of the molecule is COc1ccc2c(c1)C(OCC1CCC(=O)N1)N(O)C=C2. The van der Waals surface area contributed by atoms with Gasteiger partial charge in [0.15, 0.2) is 6.23 Å². The van der Waals surface area contributed by atoms with E-state index in [0.717, 1.165) is 22.6 Å². The average Bonchev–Trinajstić information content (AvgIpc) is 2.91. The van der Waals surface area contributed by atoms with Gasteiger partial charge in [-0.3, -0.25) is 10.0 Å². The maximum absolute atomic E-state index is 11.2. The highest BCUT2D eigenvalue weighted by molar-refractivity contribution is 5.78. The molecule has 1 saturated heterocycles. The number of nitrogens with zero attached hydrogens (tertiary/aromatic N) is 1. The van der Waals surface area contributed by atoms with Gasteiger partial charge in [-0.05, 0) is 30.2 Å². The summed E-state index contributed by atoms with van der Waals surface area (Å²) in [6.45, 7) is 0.359. The molecule has 0 spiro atoms. The second kappa shape index (κ2) is 5.75. The first kappa shape index (κ1) is 13.9. The standard InChI is InChI=1S/C15H18N2O4/c1-20-12-4-2-10-6-7-17(19)15(13(10)8-12)21-9-11-3-5-14(18)16-11/h2,4,6-8,11,15,19H,3,5,9H2,1H3,(H,16,18). The topological polar surface area (TPSA) is 71.0 Å². The van der Waals surface area contributed by atoms with Gasteiger partial charge in [0.25, 0.3) is 0 Å². The lowest BCUT2D eigenvalue weighted by Gasteiger charge is -2.30. The predicted molar refractivity (Wildman–Crippen MR) is 75.5 cm³/mol. The second-order valence-corrected chi connectivity index (χ2v) is 5.18. The van der Waals surface area contributed by atoms with Crippen LogP contribution in [-0.2, 0) is 9.53 Å².